The maximum Gasteiger partial charge on any atom is 0.255 e. The Bertz CT molecular complexity index is 806. The largest absolute Gasteiger partial charge is 0.497 e. The van der Waals surface area contributed by atoms with Crippen molar-refractivity contribution >= 4 is 27.6 Å². The molecule has 2 heterocycles. The predicted octanol–water partition coefficient (Wildman–Crippen LogP) is 2.53. The van der Waals surface area contributed by atoms with Gasteiger partial charge in [-0.2, -0.15) is 0 Å². The molecule has 2 aromatic rings. The molecule has 0 bridgehead atoms. The number of hydrogen-bond acceptors (Lipinski definition) is 4. The molecule has 1 aliphatic heterocycles. The van der Waals surface area contributed by atoms with E-state index in [4.69, 9.17) is 4.74 Å². The van der Waals surface area contributed by atoms with E-state index < -0.39 is 10.8 Å². The SMILES string of the molecule is COc1ccc2cc(C(=O)N3CC[C@H](C)[S@](=O)CC3)c(C)nc2c1. The molecule has 0 spiro atoms. The van der Waals surface area contributed by atoms with Gasteiger partial charge in [0.25, 0.3) is 5.91 Å². The third kappa shape index (κ3) is 3.29. The number of rotatable bonds is 2. The number of benzene rings is 1. The molecule has 0 N–H and O–H groups in total. The Kier molecular flexibility index (Phi) is 4.85. The summed E-state index contributed by atoms with van der Waals surface area (Å²) in [5.41, 5.74) is 2.14. The zero-order valence-electron chi connectivity index (χ0n) is 14.2. The van der Waals surface area contributed by atoms with Crippen LogP contribution in [-0.2, 0) is 10.8 Å². The molecule has 0 aliphatic carbocycles. The Morgan fingerprint density at radius 2 is 2.12 bits per heavy atom. The summed E-state index contributed by atoms with van der Waals surface area (Å²) in [5, 5.41) is 1.06. The van der Waals surface area contributed by atoms with Gasteiger partial charge in [-0.3, -0.25) is 14.0 Å². The van der Waals surface area contributed by atoms with Crippen molar-refractivity contribution in [2.45, 2.75) is 25.5 Å². The van der Waals surface area contributed by atoms with Crippen molar-refractivity contribution in [1.29, 1.82) is 0 Å². The molecule has 0 unspecified atom stereocenters. The number of amides is 1. The number of pyridine rings is 1. The van der Waals surface area contributed by atoms with Crippen molar-refractivity contribution in [2.24, 2.45) is 0 Å². The number of aryl methyl sites for hydroxylation is 1. The van der Waals surface area contributed by atoms with Crippen molar-refractivity contribution < 1.29 is 13.7 Å². The van der Waals surface area contributed by atoms with E-state index in [2.05, 4.69) is 4.98 Å². The number of hydrogen-bond donors (Lipinski definition) is 0. The lowest BCUT2D eigenvalue weighted by molar-refractivity contribution is 0.0766. The van der Waals surface area contributed by atoms with Gasteiger partial charge < -0.3 is 9.64 Å². The van der Waals surface area contributed by atoms with E-state index in [1.165, 1.54) is 0 Å². The first-order chi connectivity index (χ1) is 11.5. The normalized spacial score (nSPS) is 21.5. The number of methoxy groups -OCH3 is 1. The van der Waals surface area contributed by atoms with E-state index in [9.17, 15) is 9.00 Å². The molecular weight excluding hydrogens is 324 g/mol. The smallest absolute Gasteiger partial charge is 0.255 e. The van der Waals surface area contributed by atoms with Crippen LogP contribution in [0.25, 0.3) is 10.9 Å². The molecule has 3 rings (SSSR count). The summed E-state index contributed by atoms with van der Waals surface area (Å²) in [5.74, 6) is 1.27. The molecule has 1 saturated heterocycles. The summed E-state index contributed by atoms with van der Waals surface area (Å²) in [6, 6.07) is 7.54. The van der Waals surface area contributed by atoms with Gasteiger partial charge >= 0.3 is 0 Å². The number of aromatic nitrogens is 1. The third-order valence-electron chi connectivity index (χ3n) is 4.55. The van der Waals surface area contributed by atoms with Crippen LogP contribution in [0.5, 0.6) is 5.75 Å². The van der Waals surface area contributed by atoms with Gasteiger partial charge in [-0.15, -0.1) is 0 Å². The van der Waals surface area contributed by atoms with E-state index in [1.54, 1.807) is 12.0 Å². The van der Waals surface area contributed by atoms with Gasteiger partial charge in [-0.05, 0) is 31.5 Å². The second-order valence-corrected chi connectivity index (χ2v) is 8.13. The van der Waals surface area contributed by atoms with Gasteiger partial charge in [0.05, 0.1) is 23.9 Å². The first-order valence-corrected chi connectivity index (χ1v) is 9.49. The fourth-order valence-corrected chi connectivity index (χ4v) is 4.11. The second-order valence-electron chi connectivity index (χ2n) is 6.16. The molecule has 5 nitrogen and oxygen atoms in total. The highest BCUT2D eigenvalue weighted by molar-refractivity contribution is 7.85. The summed E-state index contributed by atoms with van der Waals surface area (Å²) < 4.78 is 17.2. The van der Waals surface area contributed by atoms with Crippen LogP contribution >= 0.6 is 0 Å². The topological polar surface area (TPSA) is 59.5 Å². The van der Waals surface area contributed by atoms with E-state index in [0.29, 0.717) is 30.1 Å². The standard InChI is InChI=1S/C18H22N2O3S/c1-12-6-7-20(8-9-24(12)22)18(21)16-10-14-4-5-15(23-3)11-17(14)19-13(16)2/h4-5,10-12H,6-9H2,1-3H3/t12-,24+/m0/s1. The summed E-state index contributed by atoms with van der Waals surface area (Å²) in [6.07, 6.45) is 0.773. The number of carbonyl (C=O) groups is 1. The molecule has 2 atom stereocenters. The monoisotopic (exact) mass is 346 g/mol. The van der Waals surface area contributed by atoms with Gasteiger partial charge in [-0.1, -0.05) is 6.92 Å². The zero-order chi connectivity index (χ0) is 17.3. The molecule has 1 fully saturated rings. The molecule has 24 heavy (non-hydrogen) atoms. The molecule has 128 valence electrons. The van der Waals surface area contributed by atoms with Crippen LogP contribution in [0.4, 0.5) is 0 Å². The highest BCUT2D eigenvalue weighted by atomic mass is 32.2. The fourth-order valence-electron chi connectivity index (χ4n) is 2.94. The second kappa shape index (κ2) is 6.89. The lowest BCUT2D eigenvalue weighted by Crippen LogP contribution is -2.34. The Balaban J connectivity index is 1.92. The molecule has 1 amide bonds. The molecular formula is C18H22N2O3S. The first kappa shape index (κ1) is 16.9. The lowest BCUT2D eigenvalue weighted by Gasteiger charge is -2.21. The van der Waals surface area contributed by atoms with Crippen molar-refractivity contribution in [3.8, 4) is 5.75 Å². The minimum Gasteiger partial charge on any atom is -0.497 e. The van der Waals surface area contributed by atoms with Gasteiger partial charge in [0.1, 0.15) is 5.75 Å². The summed E-state index contributed by atoms with van der Waals surface area (Å²) in [7, 11) is 0.770. The minimum absolute atomic E-state index is 0.0242. The summed E-state index contributed by atoms with van der Waals surface area (Å²) in [4.78, 5) is 19.3. The average Bonchev–Trinajstić information content (AvgIpc) is 2.75. The van der Waals surface area contributed by atoms with Crippen LogP contribution in [0.15, 0.2) is 24.3 Å². The van der Waals surface area contributed by atoms with Crippen molar-refractivity contribution in [3.63, 3.8) is 0 Å². The van der Waals surface area contributed by atoms with Crippen LogP contribution in [0.2, 0.25) is 0 Å². The first-order valence-electron chi connectivity index (χ1n) is 8.11. The molecule has 1 aliphatic rings. The van der Waals surface area contributed by atoms with E-state index in [0.717, 1.165) is 23.1 Å². The predicted molar refractivity (Wildman–Crippen MR) is 96.0 cm³/mol. The Hall–Kier alpha value is -1.95. The Labute approximate surface area is 144 Å². The molecule has 0 saturated carbocycles. The van der Waals surface area contributed by atoms with E-state index in [-0.39, 0.29) is 11.2 Å². The van der Waals surface area contributed by atoms with Gasteiger partial charge in [0.15, 0.2) is 0 Å². The van der Waals surface area contributed by atoms with E-state index in [1.807, 2.05) is 38.1 Å². The maximum atomic E-state index is 12.9. The summed E-state index contributed by atoms with van der Waals surface area (Å²) in [6.45, 7) is 5.02. The molecule has 1 aromatic carbocycles. The van der Waals surface area contributed by atoms with Crippen molar-refractivity contribution in [2.75, 3.05) is 26.0 Å². The van der Waals surface area contributed by atoms with Crippen molar-refractivity contribution in [1.82, 2.24) is 9.88 Å². The quantitative estimate of drug-likeness (QED) is 0.838. The van der Waals surface area contributed by atoms with Crippen LogP contribution in [0.3, 0.4) is 0 Å². The fraction of sp³-hybridized carbons (Fsp3) is 0.444. The van der Waals surface area contributed by atoms with Gasteiger partial charge in [0.2, 0.25) is 0 Å². The van der Waals surface area contributed by atoms with Crippen LogP contribution in [0.1, 0.15) is 29.4 Å². The van der Waals surface area contributed by atoms with Crippen LogP contribution in [0, 0.1) is 6.92 Å². The Morgan fingerprint density at radius 3 is 2.88 bits per heavy atom. The number of carbonyl (C=O) groups excluding carboxylic acids is 1. The molecule has 1 aromatic heterocycles. The van der Waals surface area contributed by atoms with E-state index >= 15 is 0 Å². The van der Waals surface area contributed by atoms with Crippen molar-refractivity contribution in [3.05, 3.63) is 35.5 Å². The van der Waals surface area contributed by atoms with Gasteiger partial charge in [-0.25, -0.2) is 0 Å². The number of nitrogens with zero attached hydrogens (tertiary/aromatic N) is 2. The Morgan fingerprint density at radius 1 is 1.33 bits per heavy atom. The summed E-state index contributed by atoms with van der Waals surface area (Å²) >= 11 is 0. The number of ether oxygens (including phenoxy) is 1. The molecule has 6 heteroatoms. The maximum absolute atomic E-state index is 12.9. The highest BCUT2D eigenvalue weighted by Crippen LogP contribution is 2.23. The average molecular weight is 346 g/mol. The zero-order valence-corrected chi connectivity index (χ0v) is 15.1. The van der Waals surface area contributed by atoms with Crippen LogP contribution < -0.4 is 4.74 Å². The van der Waals surface area contributed by atoms with Crippen LogP contribution in [-0.4, -0.2) is 51.2 Å². The molecule has 0 radical (unpaired) electrons. The lowest BCUT2D eigenvalue weighted by atomic mass is 10.1. The third-order valence-corrected chi connectivity index (χ3v) is 6.27. The highest BCUT2D eigenvalue weighted by Gasteiger charge is 2.24. The van der Waals surface area contributed by atoms with Gasteiger partial charge in [0, 0.05) is 46.3 Å². The number of fused-ring (bicyclic) bond motifs is 1. The minimum atomic E-state index is -0.851.